The number of nitro groups is 1. The van der Waals surface area contributed by atoms with Crippen LogP contribution in [0.15, 0.2) is 17.2 Å². The van der Waals surface area contributed by atoms with E-state index in [2.05, 4.69) is 10.5 Å². The molecule has 0 aliphatic carbocycles. The molecular formula is C9H4ClN5O3. The SMILES string of the molecule is N#CC(C#N)=NNc1cc([N+](=O)[O-])cc(Cl)c1O. The number of non-ortho nitro benzene ring substituents is 1. The topological polar surface area (TPSA) is 135 Å². The number of hydrogen-bond acceptors (Lipinski definition) is 7. The van der Waals surface area contributed by atoms with Crippen molar-refractivity contribution in [2.75, 3.05) is 5.43 Å². The van der Waals surface area contributed by atoms with E-state index in [9.17, 15) is 15.2 Å². The smallest absolute Gasteiger partial charge is 0.273 e. The number of nitrogens with zero attached hydrogens (tertiary/aromatic N) is 4. The zero-order valence-electron chi connectivity index (χ0n) is 8.59. The Hall–Kier alpha value is -2.84. The number of nitrogens with one attached hydrogen (secondary N) is 1. The van der Waals surface area contributed by atoms with Crippen LogP contribution in [-0.4, -0.2) is 15.7 Å². The minimum atomic E-state index is -0.713. The molecule has 0 spiro atoms. The van der Waals surface area contributed by atoms with Gasteiger partial charge in [-0.25, -0.2) is 0 Å². The summed E-state index contributed by atoms with van der Waals surface area (Å²) in [4.78, 5) is 9.85. The molecule has 0 aliphatic heterocycles. The molecule has 0 unspecified atom stereocenters. The molecule has 0 heterocycles. The van der Waals surface area contributed by atoms with Crippen molar-refractivity contribution in [3.63, 3.8) is 0 Å². The van der Waals surface area contributed by atoms with Gasteiger partial charge in [-0.3, -0.25) is 15.5 Å². The van der Waals surface area contributed by atoms with E-state index in [1.165, 1.54) is 12.1 Å². The summed E-state index contributed by atoms with van der Waals surface area (Å²) in [5, 5.41) is 40.0. The molecule has 9 heteroatoms. The van der Waals surface area contributed by atoms with Gasteiger partial charge in [-0.2, -0.15) is 15.6 Å². The summed E-state index contributed by atoms with van der Waals surface area (Å²) < 4.78 is 0. The van der Waals surface area contributed by atoms with Gasteiger partial charge in [-0.15, -0.1) is 0 Å². The Balaban J connectivity index is 3.18. The molecule has 1 aromatic rings. The van der Waals surface area contributed by atoms with E-state index in [0.717, 1.165) is 12.1 Å². The lowest BCUT2D eigenvalue weighted by molar-refractivity contribution is -0.384. The van der Waals surface area contributed by atoms with E-state index in [4.69, 9.17) is 22.1 Å². The molecule has 0 fully saturated rings. The fraction of sp³-hybridized carbons (Fsp3) is 0. The first-order chi connectivity index (χ1) is 8.49. The summed E-state index contributed by atoms with van der Waals surface area (Å²) in [6, 6.07) is 4.87. The third-order valence-electron chi connectivity index (χ3n) is 1.76. The molecule has 0 atom stereocenters. The summed E-state index contributed by atoms with van der Waals surface area (Å²) in [6.45, 7) is 0. The van der Waals surface area contributed by atoms with Gasteiger partial charge in [0, 0.05) is 12.1 Å². The Morgan fingerprint density at radius 2 is 2.11 bits per heavy atom. The van der Waals surface area contributed by atoms with Gasteiger partial charge in [0.05, 0.1) is 9.95 Å². The summed E-state index contributed by atoms with van der Waals surface area (Å²) in [7, 11) is 0. The van der Waals surface area contributed by atoms with E-state index in [-0.39, 0.29) is 16.4 Å². The lowest BCUT2D eigenvalue weighted by atomic mass is 10.2. The number of hydrazone groups is 1. The summed E-state index contributed by atoms with van der Waals surface area (Å²) in [6.07, 6.45) is 0. The number of nitro benzene ring substituents is 1. The zero-order valence-corrected chi connectivity index (χ0v) is 9.34. The highest BCUT2D eigenvalue weighted by atomic mass is 35.5. The molecule has 0 aliphatic rings. The molecule has 0 bridgehead atoms. The monoisotopic (exact) mass is 265 g/mol. The predicted octanol–water partition coefficient (Wildman–Crippen LogP) is 1.77. The minimum Gasteiger partial charge on any atom is -0.504 e. The molecule has 18 heavy (non-hydrogen) atoms. The van der Waals surface area contributed by atoms with E-state index in [0.29, 0.717) is 0 Å². The highest BCUT2D eigenvalue weighted by Crippen LogP contribution is 2.35. The van der Waals surface area contributed by atoms with Crippen LogP contribution in [0.1, 0.15) is 0 Å². The number of nitriles is 2. The van der Waals surface area contributed by atoms with Crippen LogP contribution in [0, 0.1) is 32.8 Å². The van der Waals surface area contributed by atoms with E-state index in [1.54, 1.807) is 0 Å². The van der Waals surface area contributed by atoms with Gasteiger partial charge in [0.25, 0.3) is 5.69 Å². The lowest BCUT2D eigenvalue weighted by Gasteiger charge is -2.04. The first-order valence-electron chi connectivity index (χ1n) is 4.30. The highest BCUT2D eigenvalue weighted by Gasteiger charge is 2.14. The molecule has 0 saturated heterocycles. The van der Waals surface area contributed by atoms with Crippen LogP contribution in [0.4, 0.5) is 11.4 Å². The Bertz CT molecular complexity index is 598. The maximum atomic E-state index is 10.6. The second kappa shape index (κ2) is 5.48. The van der Waals surface area contributed by atoms with Gasteiger partial charge < -0.3 is 5.11 Å². The molecule has 8 nitrogen and oxygen atoms in total. The van der Waals surface area contributed by atoms with Crippen LogP contribution < -0.4 is 5.43 Å². The molecule has 0 amide bonds. The first-order valence-corrected chi connectivity index (χ1v) is 4.68. The number of rotatable bonds is 3. The largest absolute Gasteiger partial charge is 0.504 e. The van der Waals surface area contributed by atoms with Crippen molar-refractivity contribution < 1.29 is 10.0 Å². The average molecular weight is 266 g/mol. The summed E-state index contributed by atoms with van der Waals surface area (Å²) in [5.41, 5.74) is 1.10. The molecule has 2 N–H and O–H groups in total. The van der Waals surface area contributed by atoms with Crippen molar-refractivity contribution in [2.24, 2.45) is 5.10 Å². The molecule has 1 rings (SSSR count). The van der Waals surface area contributed by atoms with Crippen molar-refractivity contribution in [3.05, 3.63) is 27.3 Å². The van der Waals surface area contributed by atoms with Crippen molar-refractivity contribution in [1.82, 2.24) is 0 Å². The quantitative estimate of drug-likeness (QED) is 0.370. The van der Waals surface area contributed by atoms with Crippen LogP contribution in [0.2, 0.25) is 5.02 Å². The number of phenolic OH excluding ortho intramolecular Hbond substituents is 1. The molecular weight excluding hydrogens is 262 g/mol. The number of hydrogen-bond donors (Lipinski definition) is 2. The van der Waals surface area contributed by atoms with Crippen molar-refractivity contribution >= 4 is 28.7 Å². The third-order valence-corrected chi connectivity index (χ3v) is 2.05. The maximum absolute atomic E-state index is 10.6. The second-order valence-corrected chi connectivity index (χ2v) is 3.28. The molecule has 0 saturated carbocycles. The van der Waals surface area contributed by atoms with Crippen LogP contribution in [0.25, 0.3) is 0 Å². The predicted molar refractivity (Wildman–Crippen MR) is 62.1 cm³/mol. The third kappa shape index (κ3) is 2.84. The number of anilines is 1. The van der Waals surface area contributed by atoms with Gasteiger partial charge in [0.2, 0.25) is 5.71 Å². The van der Waals surface area contributed by atoms with Crippen molar-refractivity contribution in [3.8, 4) is 17.9 Å². The Morgan fingerprint density at radius 3 is 2.61 bits per heavy atom. The normalized spacial score (nSPS) is 8.83. The van der Waals surface area contributed by atoms with E-state index >= 15 is 0 Å². The van der Waals surface area contributed by atoms with E-state index < -0.39 is 16.4 Å². The van der Waals surface area contributed by atoms with Gasteiger partial charge >= 0.3 is 0 Å². The Morgan fingerprint density at radius 1 is 1.50 bits per heavy atom. The highest BCUT2D eigenvalue weighted by molar-refractivity contribution is 6.32. The lowest BCUT2D eigenvalue weighted by Crippen LogP contribution is -1.98. The van der Waals surface area contributed by atoms with E-state index in [1.807, 2.05) is 0 Å². The summed E-state index contributed by atoms with van der Waals surface area (Å²) in [5.74, 6) is -0.471. The van der Waals surface area contributed by atoms with Gasteiger partial charge in [-0.1, -0.05) is 11.6 Å². The minimum absolute atomic E-state index is 0.183. The molecule has 0 radical (unpaired) electrons. The zero-order chi connectivity index (χ0) is 13.7. The average Bonchev–Trinajstić information content (AvgIpc) is 2.34. The van der Waals surface area contributed by atoms with Gasteiger partial charge in [0.1, 0.15) is 17.8 Å². The molecule has 90 valence electrons. The van der Waals surface area contributed by atoms with Crippen LogP contribution in [0.3, 0.4) is 0 Å². The first kappa shape index (κ1) is 13.2. The van der Waals surface area contributed by atoms with Crippen molar-refractivity contribution in [2.45, 2.75) is 0 Å². The van der Waals surface area contributed by atoms with Crippen LogP contribution in [-0.2, 0) is 0 Å². The summed E-state index contributed by atoms with van der Waals surface area (Å²) >= 11 is 5.57. The van der Waals surface area contributed by atoms with Gasteiger partial charge in [-0.05, 0) is 0 Å². The number of halogens is 1. The van der Waals surface area contributed by atoms with Crippen LogP contribution >= 0.6 is 11.6 Å². The number of aromatic hydroxyl groups is 1. The molecule has 0 aromatic heterocycles. The maximum Gasteiger partial charge on any atom is 0.273 e. The fourth-order valence-electron chi connectivity index (χ4n) is 0.967. The van der Waals surface area contributed by atoms with Gasteiger partial charge in [0.15, 0.2) is 5.75 Å². The number of phenols is 1. The standard InChI is InChI=1S/C9H4ClN5O3/c10-7-1-6(15(17)18)2-8(9(7)16)14-13-5(3-11)4-12/h1-2,14,16H. The number of benzene rings is 1. The van der Waals surface area contributed by atoms with Crippen LogP contribution in [0.5, 0.6) is 5.75 Å². The Kier molecular flexibility index (Phi) is 4.02. The van der Waals surface area contributed by atoms with Crippen molar-refractivity contribution in [1.29, 1.82) is 10.5 Å². The fourth-order valence-corrected chi connectivity index (χ4v) is 1.18. The second-order valence-electron chi connectivity index (χ2n) is 2.88. The Labute approximate surface area is 105 Å². The molecule has 1 aromatic carbocycles.